The number of benzene rings is 1. The molecule has 4 heteroatoms. The number of hydrogen-bond acceptors (Lipinski definition) is 4. The Labute approximate surface area is 109 Å². The molecule has 0 radical (unpaired) electrons. The maximum absolute atomic E-state index is 9.73. The van der Waals surface area contributed by atoms with Crippen LogP contribution in [0.25, 0.3) is 0 Å². The molecule has 2 N–H and O–H groups in total. The number of rotatable bonds is 4. The van der Waals surface area contributed by atoms with Gasteiger partial charge in [0.25, 0.3) is 0 Å². The maximum Gasteiger partial charge on any atom is 0.123 e. The van der Waals surface area contributed by atoms with Crippen LogP contribution < -0.4 is 10.1 Å². The molecule has 100 valence electrons. The third-order valence-electron chi connectivity index (χ3n) is 3.49. The Bertz CT molecular complexity index is 363. The molecular formula is C14H22N2O2. The van der Waals surface area contributed by atoms with Gasteiger partial charge in [-0.2, -0.15) is 0 Å². The molecule has 1 aromatic rings. The fourth-order valence-corrected chi connectivity index (χ4v) is 2.53. The van der Waals surface area contributed by atoms with Gasteiger partial charge in [0.15, 0.2) is 0 Å². The van der Waals surface area contributed by atoms with Gasteiger partial charge in [-0.25, -0.2) is 0 Å². The average molecular weight is 250 g/mol. The molecule has 0 saturated carbocycles. The standard InChI is InChI=1S/C14H22N2O2/c1-18-14-6-3-2-5-12(14)13(11-17)16-9-4-7-15-8-10-16/h2-3,5-6,13,15,17H,4,7-11H2,1H3. The molecule has 1 saturated heterocycles. The zero-order valence-electron chi connectivity index (χ0n) is 10.9. The quantitative estimate of drug-likeness (QED) is 0.837. The first-order chi connectivity index (χ1) is 8.86. The van der Waals surface area contributed by atoms with E-state index in [9.17, 15) is 5.11 Å². The zero-order valence-corrected chi connectivity index (χ0v) is 10.9. The van der Waals surface area contributed by atoms with Crippen LogP contribution in [0.2, 0.25) is 0 Å². The SMILES string of the molecule is COc1ccccc1C(CO)N1CCCNCC1. The van der Waals surface area contributed by atoms with E-state index in [-0.39, 0.29) is 12.6 Å². The molecule has 0 bridgehead atoms. The molecule has 1 fully saturated rings. The van der Waals surface area contributed by atoms with Crippen LogP contribution >= 0.6 is 0 Å². The van der Waals surface area contributed by atoms with Gasteiger partial charge in [-0.05, 0) is 19.0 Å². The summed E-state index contributed by atoms with van der Waals surface area (Å²) < 4.78 is 5.40. The molecule has 2 rings (SSSR count). The van der Waals surface area contributed by atoms with E-state index in [1.807, 2.05) is 24.3 Å². The summed E-state index contributed by atoms with van der Waals surface area (Å²) in [6.45, 7) is 4.13. The number of methoxy groups -OCH3 is 1. The van der Waals surface area contributed by atoms with E-state index in [2.05, 4.69) is 10.2 Å². The van der Waals surface area contributed by atoms with E-state index in [0.29, 0.717) is 0 Å². The molecule has 0 aromatic heterocycles. The topological polar surface area (TPSA) is 44.7 Å². The molecule has 0 spiro atoms. The lowest BCUT2D eigenvalue weighted by Gasteiger charge is -2.30. The molecule has 1 aliphatic heterocycles. The van der Waals surface area contributed by atoms with Crippen molar-refractivity contribution in [1.82, 2.24) is 10.2 Å². The van der Waals surface area contributed by atoms with Crippen molar-refractivity contribution in [2.24, 2.45) is 0 Å². The first-order valence-electron chi connectivity index (χ1n) is 6.55. The Morgan fingerprint density at radius 3 is 2.94 bits per heavy atom. The average Bonchev–Trinajstić information content (AvgIpc) is 2.69. The number of hydrogen-bond donors (Lipinski definition) is 2. The smallest absolute Gasteiger partial charge is 0.123 e. The number of nitrogens with one attached hydrogen (secondary N) is 1. The van der Waals surface area contributed by atoms with Crippen molar-refractivity contribution < 1.29 is 9.84 Å². The summed E-state index contributed by atoms with van der Waals surface area (Å²) in [5.74, 6) is 0.855. The van der Waals surface area contributed by atoms with Crippen molar-refractivity contribution in [2.45, 2.75) is 12.5 Å². The molecule has 4 nitrogen and oxygen atoms in total. The van der Waals surface area contributed by atoms with E-state index in [1.54, 1.807) is 7.11 Å². The Morgan fingerprint density at radius 1 is 1.33 bits per heavy atom. The van der Waals surface area contributed by atoms with Crippen molar-refractivity contribution in [3.63, 3.8) is 0 Å². The summed E-state index contributed by atoms with van der Waals surface area (Å²) in [6, 6.07) is 7.98. The summed E-state index contributed by atoms with van der Waals surface area (Å²) in [5.41, 5.74) is 1.07. The van der Waals surface area contributed by atoms with Crippen LogP contribution in [0.5, 0.6) is 5.75 Å². The number of ether oxygens (including phenoxy) is 1. The lowest BCUT2D eigenvalue weighted by Crippen LogP contribution is -2.34. The van der Waals surface area contributed by atoms with Crippen LogP contribution in [-0.4, -0.2) is 49.9 Å². The van der Waals surface area contributed by atoms with Crippen molar-refractivity contribution in [3.8, 4) is 5.75 Å². The number of nitrogens with zero attached hydrogens (tertiary/aromatic N) is 1. The summed E-state index contributed by atoms with van der Waals surface area (Å²) in [4.78, 5) is 2.33. The van der Waals surface area contributed by atoms with Gasteiger partial charge < -0.3 is 15.2 Å². The van der Waals surface area contributed by atoms with Crippen LogP contribution in [-0.2, 0) is 0 Å². The van der Waals surface area contributed by atoms with E-state index < -0.39 is 0 Å². The summed E-state index contributed by atoms with van der Waals surface area (Å²) in [7, 11) is 1.68. The highest BCUT2D eigenvalue weighted by Gasteiger charge is 2.23. The predicted molar refractivity (Wildman–Crippen MR) is 71.9 cm³/mol. The molecule has 0 aliphatic carbocycles. The highest BCUT2D eigenvalue weighted by Crippen LogP contribution is 2.29. The molecule has 1 aliphatic rings. The highest BCUT2D eigenvalue weighted by molar-refractivity contribution is 5.36. The monoisotopic (exact) mass is 250 g/mol. The Balaban J connectivity index is 2.20. The number of para-hydroxylation sites is 1. The normalized spacial score (nSPS) is 19.2. The minimum absolute atomic E-state index is 0.0287. The van der Waals surface area contributed by atoms with Crippen LogP contribution in [0.1, 0.15) is 18.0 Å². The van der Waals surface area contributed by atoms with Crippen molar-refractivity contribution in [3.05, 3.63) is 29.8 Å². The van der Waals surface area contributed by atoms with Gasteiger partial charge >= 0.3 is 0 Å². The van der Waals surface area contributed by atoms with Crippen LogP contribution in [0.15, 0.2) is 24.3 Å². The Hall–Kier alpha value is -1.10. The summed E-state index contributed by atoms with van der Waals surface area (Å²) in [5, 5.41) is 13.1. The van der Waals surface area contributed by atoms with Gasteiger partial charge in [0, 0.05) is 25.2 Å². The van der Waals surface area contributed by atoms with Gasteiger partial charge in [-0.1, -0.05) is 18.2 Å². The third kappa shape index (κ3) is 3.02. The lowest BCUT2D eigenvalue weighted by molar-refractivity contribution is 0.127. The number of aliphatic hydroxyl groups excluding tert-OH is 1. The first-order valence-corrected chi connectivity index (χ1v) is 6.55. The van der Waals surface area contributed by atoms with Crippen LogP contribution in [0.3, 0.4) is 0 Å². The van der Waals surface area contributed by atoms with E-state index in [0.717, 1.165) is 43.9 Å². The molecular weight excluding hydrogens is 228 g/mol. The minimum atomic E-state index is 0.0287. The highest BCUT2D eigenvalue weighted by atomic mass is 16.5. The van der Waals surface area contributed by atoms with Crippen molar-refractivity contribution >= 4 is 0 Å². The fraction of sp³-hybridized carbons (Fsp3) is 0.571. The summed E-state index contributed by atoms with van der Waals surface area (Å²) in [6.07, 6.45) is 1.12. The van der Waals surface area contributed by atoms with Crippen molar-refractivity contribution in [2.75, 3.05) is 39.9 Å². The molecule has 0 amide bonds. The number of aliphatic hydroxyl groups is 1. The van der Waals surface area contributed by atoms with Gasteiger partial charge in [0.1, 0.15) is 5.75 Å². The maximum atomic E-state index is 9.73. The molecule has 1 unspecified atom stereocenters. The fourth-order valence-electron chi connectivity index (χ4n) is 2.53. The van der Waals surface area contributed by atoms with Gasteiger partial charge in [0.2, 0.25) is 0 Å². The van der Waals surface area contributed by atoms with Gasteiger partial charge in [-0.3, -0.25) is 4.90 Å². The van der Waals surface area contributed by atoms with Gasteiger partial charge in [0.05, 0.1) is 19.8 Å². The van der Waals surface area contributed by atoms with E-state index >= 15 is 0 Å². The lowest BCUT2D eigenvalue weighted by atomic mass is 10.0. The zero-order chi connectivity index (χ0) is 12.8. The summed E-state index contributed by atoms with van der Waals surface area (Å²) >= 11 is 0. The molecule has 18 heavy (non-hydrogen) atoms. The second-order valence-electron chi connectivity index (χ2n) is 4.58. The van der Waals surface area contributed by atoms with Crippen molar-refractivity contribution in [1.29, 1.82) is 0 Å². The van der Waals surface area contributed by atoms with E-state index in [4.69, 9.17) is 4.74 Å². The van der Waals surface area contributed by atoms with Crippen LogP contribution in [0.4, 0.5) is 0 Å². The Kier molecular flexibility index (Phi) is 4.99. The van der Waals surface area contributed by atoms with Gasteiger partial charge in [-0.15, -0.1) is 0 Å². The Morgan fingerprint density at radius 2 is 2.17 bits per heavy atom. The van der Waals surface area contributed by atoms with Crippen LogP contribution in [0, 0.1) is 0 Å². The second kappa shape index (κ2) is 6.73. The third-order valence-corrected chi connectivity index (χ3v) is 3.49. The second-order valence-corrected chi connectivity index (χ2v) is 4.58. The largest absolute Gasteiger partial charge is 0.496 e. The minimum Gasteiger partial charge on any atom is -0.496 e. The molecule has 1 heterocycles. The molecule has 1 atom stereocenters. The molecule has 1 aromatic carbocycles. The first kappa shape index (κ1) is 13.3. The van der Waals surface area contributed by atoms with E-state index in [1.165, 1.54) is 0 Å². The predicted octanol–water partition coefficient (Wildman–Crippen LogP) is 1.02.